The number of aryl methyl sites for hydroxylation is 2. The topological polar surface area (TPSA) is 0 Å². The number of halogens is 2. The fraction of sp³-hybridized carbons (Fsp3) is 0.250. The second-order valence-electron chi connectivity index (χ2n) is 3.50. The standard InChI is InChI=1S/C7H7Br.C7H7Cl.C2H6/c2*1-6-4-2-3-5-7(6)8;1-2/h2*2-5H,1H3;1-2H3. The maximum Gasteiger partial charge on any atom is 0.0435 e. The molecule has 0 radical (unpaired) electrons. The van der Waals surface area contributed by atoms with Gasteiger partial charge in [0.25, 0.3) is 0 Å². The van der Waals surface area contributed by atoms with Crippen LogP contribution in [0.5, 0.6) is 0 Å². The Kier molecular flexibility index (Phi) is 9.72. The smallest absolute Gasteiger partial charge is 0.0435 e. The van der Waals surface area contributed by atoms with Crippen molar-refractivity contribution in [1.82, 2.24) is 0 Å². The van der Waals surface area contributed by atoms with Gasteiger partial charge in [-0.15, -0.1) is 0 Å². The van der Waals surface area contributed by atoms with Crippen LogP contribution in [0.3, 0.4) is 0 Å². The Labute approximate surface area is 124 Å². The Morgan fingerprint density at radius 2 is 1.22 bits per heavy atom. The van der Waals surface area contributed by atoms with Crippen LogP contribution in [0.4, 0.5) is 0 Å². The number of hydrogen-bond donors (Lipinski definition) is 0. The van der Waals surface area contributed by atoms with Gasteiger partial charge in [-0.25, -0.2) is 0 Å². The summed E-state index contributed by atoms with van der Waals surface area (Å²) in [5.41, 5.74) is 2.42. The van der Waals surface area contributed by atoms with Gasteiger partial charge in [0, 0.05) is 9.50 Å². The first-order valence-electron chi connectivity index (χ1n) is 6.03. The van der Waals surface area contributed by atoms with Crippen molar-refractivity contribution < 1.29 is 0 Å². The van der Waals surface area contributed by atoms with E-state index in [1.165, 1.54) is 10.0 Å². The van der Waals surface area contributed by atoms with E-state index >= 15 is 0 Å². The maximum atomic E-state index is 5.71. The molecule has 0 saturated carbocycles. The van der Waals surface area contributed by atoms with Crippen molar-refractivity contribution in [2.75, 3.05) is 0 Å². The van der Waals surface area contributed by atoms with E-state index in [1.807, 2.05) is 63.2 Å². The summed E-state index contributed by atoms with van der Waals surface area (Å²) in [6.07, 6.45) is 0. The zero-order valence-electron chi connectivity index (χ0n) is 11.4. The van der Waals surface area contributed by atoms with Crippen molar-refractivity contribution in [3.05, 3.63) is 69.2 Å². The first-order chi connectivity index (χ1) is 8.61. The predicted octanol–water partition coefficient (Wildman–Crippen LogP) is 6.43. The molecule has 0 bridgehead atoms. The summed E-state index contributed by atoms with van der Waals surface area (Å²) in [5, 5.41) is 0.840. The highest BCUT2D eigenvalue weighted by atomic mass is 79.9. The average molecular weight is 328 g/mol. The van der Waals surface area contributed by atoms with Crippen molar-refractivity contribution in [3.8, 4) is 0 Å². The van der Waals surface area contributed by atoms with E-state index in [-0.39, 0.29) is 0 Å². The molecule has 0 fully saturated rings. The molecule has 0 N–H and O–H groups in total. The third kappa shape index (κ3) is 6.83. The third-order valence-corrected chi connectivity index (χ3v) is 3.47. The van der Waals surface area contributed by atoms with E-state index in [1.54, 1.807) is 0 Å². The monoisotopic (exact) mass is 326 g/mol. The van der Waals surface area contributed by atoms with E-state index in [4.69, 9.17) is 11.6 Å². The highest BCUT2D eigenvalue weighted by molar-refractivity contribution is 9.10. The second-order valence-corrected chi connectivity index (χ2v) is 4.76. The normalized spacial score (nSPS) is 8.56. The van der Waals surface area contributed by atoms with E-state index in [0.29, 0.717) is 0 Å². The van der Waals surface area contributed by atoms with Crippen molar-refractivity contribution in [2.24, 2.45) is 0 Å². The van der Waals surface area contributed by atoms with Gasteiger partial charge in [0.15, 0.2) is 0 Å². The summed E-state index contributed by atoms with van der Waals surface area (Å²) in [5.74, 6) is 0. The number of hydrogen-bond acceptors (Lipinski definition) is 0. The van der Waals surface area contributed by atoms with Crippen LogP contribution in [0.25, 0.3) is 0 Å². The second kappa shape index (κ2) is 10.2. The zero-order valence-corrected chi connectivity index (χ0v) is 13.7. The van der Waals surface area contributed by atoms with Crippen molar-refractivity contribution in [2.45, 2.75) is 27.7 Å². The predicted molar refractivity (Wildman–Crippen MR) is 86.4 cm³/mol. The Bertz CT molecular complexity index is 367. The molecule has 18 heavy (non-hydrogen) atoms. The molecule has 0 saturated heterocycles. The molecule has 0 aromatic heterocycles. The summed E-state index contributed by atoms with van der Waals surface area (Å²) in [4.78, 5) is 0. The first-order valence-corrected chi connectivity index (χ1v) is 7.20. The van der Waals surface area contributed by atoms with Gasteiger partial charge in [-0.2, -0.15) is 0 Å². The van der Waals surface area contributed by atoms with E-state index in [9.17, 15) is 0 Å². The van der Waals surface area contributed by atoms with Crippen LogP contribution in [-0.4, -0.2) is 0 Å². The van der Waals surface area contributed by atoms with Gasteiger partial charge in [-0.1, -0.05) is 77.8 Å². The van der Waals surface area contributed by atoms with E-state index in [2.05, 4.69) is 28.9 Å². The van der Waals surface area contributed by atoms with Crippen LogP contribution in [0.15, 0.2) is 53.0 Å². The molecule has 0 aliphatic rings. The van der Waals surface area contributed by atoms with Crippen LogP contribution in [0, 0.1) is 13.8 Å². The number of benzene rings is 2. The van der Waals surface area contributed by atoms with Gasteiger partial charge in [0.2, 0.25) is 0 Å². The minimum atomic E-state index is 0.840. The van der Waals surface area contributed by atoms with Gasteiger partial charge >= 0.3 is 0 Å². The summed E-state index contributed by atoms with van der Waals surface area (Å²) in [6.45, 7) is 8.06. The molecule has 2 aromatic rings. The molecule has 98 valence electrons. The highest BCUT2D eigenvalue weighted by Gasteiger charge is 1.87. The molecule has 2 heteroatoms. The lowest BCUT2D eigenvalue weighted by Gasteiger charge is -1.91. The third-order valence-electron chi connectivity index (χ3n) is 2.15. The summed E-state index contributed by atoms with van der Waals surface area (Å²) in [7, 11) is 0. The Balaban J connectivity index is 0.000000283. The quantitative estimate of drug-likeness (QED) is 0.523. The maximum absolute atomic E-state index is 5.71. The lowest BCUT2D eigenvalue weighted by molar-refractivity contribution is 1.43. The highest BCUT2D eigenvalue weighted by Crippen LogP contribution is 2.13. The lowest BCUT2D eigenvalue weighted by Crippen LogP contribution is -1.69. The molecule has 2 aromatic carbocycles. The summed E-state index contributed by atoms with van der Waals surface area (Å²) >= 11 is 9.10. The first kappa shape index (κ1) is 17.2. The van der Waals surface area contributed by atoms with Gasteiger partial charge in [0.05, 0.1) is 0 Å². The van der Waals surface area contributed by atoms with Gasteiger partial charge in [-0.3, -0.25) is 0 Å². The molecular formula is C16H20BrCl. The van der Waals surface area contributed by atoms with Crippen LogP contribution in [-0.2, 0) is 0 Å². The lowest BCUT2D eigenvalue weighted by atomic mass is 10.2. The largest absolute Gasteiger partial charge is 0.0841 e. The molecule has 2 rings (SSSR count). The summed E-state index contributed by atoms with van der Waals surface area (Å²) < 4.78 is 1.18. The molecular weight excluding hydrogens is 308 g/mol. The van der Waals surface area contributed by atoms with Crippen molar-refractivity contribution >= 4 is 27.5 Å². The van der Waals surface area contributed by atoms with Crippen LogP contribution < -0.4 is 0 Å². The molecule has 0 unspecified atom stereocenters. The van der Waals surface area contributed by atoms with Crippen LogP contribution >= 0.6 is 27.5 Å². The minimum Gasteiger partial charge on any atom is -0.0841 e. The molecule has 0 atom stereocenters. The van der Waals surface area contributed by atoms with E-state index < -0.39 is 0 Å². The van der Waals surface area contributed by atoms with Crippen LogP contribution in [0.2, 0.25) is 5.02 Å². The van der Waals surface area contributed by atoms with Crippen LogP contribution in [0.1, 0.15) is 25.0 Å². The fourth-order valence-corrected chi connectivity index (χ4v) is 1.52. The molecule has 0 nitrogen and oxygen atoms in total. The van der Waals surface area contributed by atoms with Gasteiger partial charge < -0.3 is 0 Å². The molecule has 0 spiro atoms. The van der Waals surface area contributed by atoms with Gasteiger partial charge in [-0.05, 0) is 37.1 Å². The van der Waals surface area contributed by atoms with Gasteiger partial charge in [0.1, 0.15) is 0 Å². The minimum absolute atomic E-state index is 0.840. The number of rotatable bonds is 0. The molecule has 0 amide bonds. The Morgan fingerprint density at radius 1 is 0.778 bits per heavy atom. The van der Waals surface area contributed by atoms with E-state index in [0.717, 1.165) is 10.6 Å². The zero-order chi connectivity index (χ0) is 14.0. The summed E-state index contributed by atoms with van der Waals surface area (Å²) in [6, 6.07) is 15.9. The molecule has 0 aliphatic heterocycles. The molecule has 0 heterocycles. The fourth-order valence-electron chi connectivity index (χ4n) is 1.10. The average Bonchev–Trinajstić information content (AvgIpc) is 2.40. The Hall–Kier alpha value is -0.790. The van der Waals surface area contributed by atoms with Crippen molar-refractivity contribution in [1.29, 1.82) is 0 Å². The SMILES string of the molecule is CC.Cc1ccccc1Br.Cc1ccccc1Cl. The van der Waals surface area contributed by atoms with Crippen molar-refractivity contribution in [3.63, 3.8) is 0 Å². The molecule has 0 aliphatic carbocycles. The Morgan fingerprint density at radius 3 is 1.50 bits per heavy atom.